The number of aromatic nitrogens is 1. The first kappa shape index (κ1) is 39.8. The molecule has 2 amide bonds. The Morgan fingerprint density at radius 1 is 0.667 bits per heavy atom. The summed E-state index contributed by atoms with van der Waals surface area (Å²) in [5, 5.41) is 4.96. The number of carbonyl (C=O) groups excluding carboxylic acids is 2. The van der Waals surface area contributed by atoms with Crippen LogP contribution in [0.15, 0.2) is 62.2 Å². The van der Waals surface area contributed by atoms with E-state index in [-0.39, 0.29) is 57.8 Å². The minimum absolute atomic E-state index is 0.0161. The van der Waals surface area contributed by atoms with Gasteiger partial charge in [-0.15, -0.1) is 47.0 Å². The SMILES string of the molecule is CCCSc1cc(SCCN)c(NC(=O)c2cc(C(=O)Nc3cc(C(F)(F)F)c(SCCN)cc3SCCN)ccn2)cc1C(F)(F)F. The number of nitrogens with two attached hydrogens (primary N) is 3. The van der Waals surface area contributed by atoms with Crippen LogP contribution in [-0.2, 0) is 12.4 Å². The van der Waals surface area contributed by atoms with E-state index in [1.54, 1.807) is 0 Å². The van der Waals surface area contributed by atoms with Gasteiger partial charge in [0.1, 0.15) is 5.69 Å². The molecule has 0 aliphatic carbocycles. The normalized spacial score (nSPS) is 11.9. The predicted octanol–water partition coefficient (Wildman–Crippen LogP) is 7.28. The van der Waals surface area contributed by atoms with Gasteiger partial charge in [0.25, 0.3) is 11.8 Å². The van der Waals surface area contributed by atoms with Gasteiger partial charge in [-0.3, -0.25) is 14.6 Å². The average Bonchev–Trinajstić information content (AvgIpc) is 3.04. The summed E-state index contributed by atoms with van der Waals surface area (Å²) < 4.78 is 83.9. The van der Waals surface area contributed by atoms with Crippen LogP contribution in [0.5, 0.6) is 0 Å². The zero-order chi connectivity index (χ0) is 35.5. The maximum absolute atomic E-state index is 14.0. The molecule has 262 valence electrons. The molecule has 0 unspecified atom stereocenters. The molecule has 0 saturated carbocycles. The summed E-state index contributed by atoms with van der Waals surface area (Å²) in [6, 6.07) is 6.73. The van der Waals surface area contributed by atoms with E-state index in [9.17, 15) is 35.9 Å². The van der Waals surface area contributed by atoms with Gasteiger partial charge in [-0.05, 0) is 48.6 Å². The first-order chi connectivity index (χ1) is 22.7. The van der Waals surface area contributed by atoms with Crippen molar-refractivity contribution in [3.8, 4) is 0 Å². The molecule has 3 rings (SSSR count). The van der Waals surface area contributed by atoms with Crippen LogP contribution in [0.3, 0.4) is 0 Å². The lowest BCUT2D eigenvalue weighted by Gasteiger charge is -2.19. The quantitative estimate of drug-likeness (QED) is 0.0747. The van der Waals surface area contributed by atoms with E-state index in [4.69, 9.17) is 17.2 Å². The number of alkyl halides is 6. The molecule has 0 fully saturated rings. The Morgan fingerprint density at radius 3 is 1.54 bits per heavy atom. The molecular formula is C30H34F6N6O2S4. The Hall–Kier alpha value is -2.61. The first-order valence-corrected chi connectivity index (χ1v) is 18.4. The van der Waals surface area contributed by atoms with Crippen LogP contribution < -0.4 is 27.8 Å². The Morgan fingerprint density at radius 2 is 1.10 bits per heavy atom. The molecule has 0 saturated heterocycles. The molecular weight excluding hydrogens is 719 g/mol. The minimum atomic E-state index is -4.73. The van der Waals surface area contributed by atoms with Crippen molar-refractivity contribution in [3.63, 3.8) is 0 Å². The highest BCUT2D eigenvalue weighted by atomic mass is 32.2. The monoisotopic (exact) mass is 752 g/mol. The van der Waals surface area contributed by atoms with Gasteiger partial charge in [0.15, 0.2) is 0 Å². The number of anilines is 2. The lowest BCUT2D eigenvalue weighted by Crippen LogP contribution is -2.19. The van der Waals surface area contributed by atoms with Crippen molar-refractivity contribution in [3.05, 3.63) is 65.0 Å². The van der Waals surface area contributed by atoms with Gasteiger partial charge < -0.3 is 27.8 Å². The van der Waals surface area contributed by atoms with Crippen molar-refractivity contribution in [2.45, 2.75) is 45.3 Å². The fourth-order valence-electron chi connectivity index (χ4n) is 4.03. The van der Waals surface area contributed by atoms with Crippen molar-refractivity contribution < 1.29 is 35.9 Å². The van der Waals surface area contributed by atoms with Crippen molar-refractivity contribution in [2.24, 2.45) is 17.2 Å². The molecule has 8 N–H and O–H groups in total. The largest absolute Gasteiger partial charge is 0.417 e. The van der Waals surface area contributed by atoms with Crippen LogP contribution in [0, 0.1) is 0 Å². The fourth-order valence-corrected chi connectivity index (χ4v) is 7.62. The third kappa shape index (κ3) is 11.2. The van der Waals surface area contributed by atoms with Gasteiger partial charge in [0.2, 0.25) is 0 Å². The molecule has 2 aromatic carbocycles. The highest BCUT2D eigenvalue weighted by molar-refractivity contribution is 8.00. The van der Waals surface area contributed by atoms with E-state index in [1.807, 2.05) is 6.92 Å². The maximum atomic E-state index is 14.0. The summed E-state index contributed by atoms with van der Waals surface area (Å²) in [5.74, 6) is -0.321. The number of amides is 2. The summed E-state index contributed by atoms with van der Waals surface area (Å²) in [6.07, 6.45) is -7.64. The molecule has 0 atom stereocenters. The predicted molar refractivity (Wildman–Crippen MR) is 183 cm³/mol. The number of hydrogen-bond acceptors (Lipinski definition) is 10. The van der Waals surface area contributed by atoms with Crippen LogP contribution >= 0.6 is 47.0 Å². The summed E-state index contributed by atoms with van der Waals surface area (Å²) in [7, 11) is 0. The fraction of sp³-hybridized carbons (Fsp3) is 0.367. The van der Waals surface area contributed by atoms with Gasteiger partial charge in [0, 0.05) is 68.2 Å². The van der Waals surface area contributed by atoms with E-state index >= 15 is 0 Å². The number of rotatable bonds is 16. The number of nitrogens with one attached hydrogen (secondary N) is 2. The zero-order valence-corrected chi connectivity index (χ0v) is 28.9. The molecule has 18 heteroatoms. The maximum Gasteiger partial charge on any atom is 0.417 e. The van der Waals surface area contributed by atoms with E-state index in [0.717, 1.165) is 59.7 Å². The lowest BCUT2D eigenvalue weighted by atomic mass is 10.1. The standard InChI is InChI=1S/C30H34F6N6O2S4/c1-2-8-45-23-15-26(48-11-6-39)21(14-18(23)29(31,32)33)42-28(44)22-12-17(3-7-40-22)27(43)41-20-13-19(30(34,35)36)24(46-9-4-37)16-25(20)47-10-5-38/h3,7,12-16H,2,4-6,8-11,37-39H2,1H3,(H,41,43)(H,42,44). The Kier molecular flexibility index (Phi) is 15.3. The van der Waals surface area contributed by atoms with Gasteiger partial charge in [-0.25, -0.2) is 0 Å². The van der Waals surface area contributed by atoms with E-state index < -0.39 is 35.3 Å². The van der Waals surface area contributed by atoms with Gasteiger partial charge >= 0.3 is 12.4 Å². The second-order valence-electron chi connectivity index (χ2n) is 9.78. The van der Waals surface area contributed by atoms with Crippen molar-refractivity contribution in [1.29, 1.82) is 0 Å². The molecule has 1 heterocycles. The molecule has 0 radical (unpaired) electrons. The van der Waals surface area contributed by atoms with Crippen LogP contribution in [0.2, 0.25) is 0 Å². The second-order valence-corrected chi connectivity index (χ2v) is 14.3. The van der Waals surface area contributed by atoms with Gasteiger partial charge in [-0.1, -0.05) is 6.92 Å². The molecule has 0 aliphatic heterocycles. The van der Waals surface area contributed by atoms with E-state index in [1.165, 1.54) is 30.0 Å². The van der Waals surface area contributed by atoms with Gasteiger partial charge in [-0.2, -0.15) is 26.3 Å². The average molecular weight is 753 g/mol. The van der Waals surface area contributed by atoms with Crippen LogP contribution in [0.25, 0.3) is 0 Å². The summed E-state index contributed by atoms with van der Waals surface area (Å²) in [4.78, 5) is 31.2. The number of benzene rings is 2. The van der Waals surface area contributed by atoms with Crippen molar-refractivity contribution in [1.82, 2.24) is 4.98 Å². The molecule has 0 bridgehead atoms. The molecule has 3 aromatic rings. The Bertz CT molecular complexity index is 1470. The number of pyridine rings is 1. The van der Waals surface area contributed by atoms with E-state index in [0.29, 0.717) is 33.5 Å². The smallest absolute Gasteiger partial charge is 0.330 e. The number of hydrogen-bond donors (Lipinski definition) is 5. The number of thioether (sulfide) groups is 4. The lowest BCUT2D eigenvalue weighted by molar-refractivity contribution is -0.140. The highest BCUT2D eigenvalue weighted by Gasteiger charge is 2.36. The summed E-state index contributed by atoms with van der Waals surface area (Å²) in [5.41, 5.74) is 14.2. The molecule has 1 aromatic heterocycles. The molecule has 0 spiro atoms. The third-order valence-electron chi connectivity index (χ3n) is 6.11. The minimum Gasteiger partial charge on any atom is -0.330 e. The second kappa shape index (κ2) is 18.4. The number of halogens is 6. The Balaban J connectivity index is 1.96. The van der Waals surface area contributed by atoms with Crippen molar-refractivity contribution in [2.75, 3.05) is 53.3 Å². The third-order valence-corrected chi connectivity index (χ3v) is 10.6. The Labute approximate surface area is 290 Å². The van der Waals surface area contributed by atoms with Crippen LogP contribution in [0.4, 0.5) is 37.7 Å². The van der Waals surface area contributed by atoms with Crippen LogP contribution in [-0.4, -0.2) is 59.4 Å². The topological polar surface area (TPSA) is 149 Å². The molecule has 0 aliphatic rings. The number of nitrogens with zero attached hydrogens (tertiary/aromatic N) is 1. The summed E-state index contributed by atoms with van der Waals surface area (Å²) >= 11 is 4.32. The van der Waals surface area contributed by atoms with Crippen molar-refractivity contribution >= 4 is 70.2 Å². The molecule has 48 heavy (non-hydrogen) atoms. The highest BCUT2D eigenvalue weighted by Crippen LogP contribution is 2.44. The molecule has 8 nitrogen and oxygen atoms in total. The van der Waals surface area contributed by atoms with Crippen LogP contribution in [0.1, 0.15) is 45.3 Å². The first-order valence-electron chi connectivity index (χ1n) is 14.4. The summed E-state index contributed by atoms with van der Waals surface area (Å²) in [6.45, 7) is 2.47. The zero-order valence-electron chi connectivity index (χ0n) is 25.6. The number of carbonyl (C=O) groups is 2. The van der Waals surface area contributed by atoms with E-state index in [2.05, 4.69) is 15.6 Å². The van der Waals surface area contributed by atoms with Gasteiger partial charge in [0.05, 0.1) is 22.5 Å².